The molecule has 0 spiro atoms. The molecule has 0 unspecified atom stereocenters. The highest BCUT2D eigenvalue weighted by Crippen LogP contribution is 2.27. The lowest BCUT2D eigenvalue weighted by atomic mass is 10.2. The van der Waals surface area contributed by atoms with Crippen molar-refractivity contribution in [2.75, 3.05) is 25.0 Å². The molecule has 0 aliphatic heterocycles. The molecular weight excluding hydrogens is 276 g/mol. The van der Waals surface area contributed by atoms with E-state index in [9.17, 15) is 0 Å². The van der Waals surface area contributed by atoms with Crippen molar-refractivity contribution in [1.82, 2.24) is 5.32 Å². The van der Waals surface area contributed by atoms with E-state index in [0.29, 0.717) is 0 Å². The van der Waals surface area contributed by atoms with Gasteiger partial charge in [0.25, 0.3) is 0 Å². The van der Waals surface area contributed by atoms with E-state index in [0.717, 1.165) is 19.6 Å². The molecular formula is C14H23BrN2. The molecule has 1 aromatic rings. The van der Waals surface area contributed by atoms with Crippen LogP contribution in [0, 0.1) is 0 Å². The summed E-state index contributed by atoms with van der Waals surface area (Å²) in [5, 5.41) is 3.18. The van der Waals surface area contributed by atoms with Crippen LogP contribution in [-0.4, -0.2) is 20.1 Å². The van der Waals surface area contributed by atoms with Gasteiger partial charge in [0.15, 0.2) is 0 Å². The van der Waals surface area contributed by atoms with Gasteiger partial charge in [-0.1, -0.05) is 19.9 Å². The molecule has 1 aromatic carbocycles. The zero-order chi connectivity index (χ0) is 12.7. The van der Waals surface area contributed by atoms with Gasteiger partial charge in [0.1, 0.15) is 0 Å². The van der Waals surface area contributed by atoms with Crippen LogP contribution in [0.3, 0.4) is 0 Å². The summed E-state index contributed by atoms with van der Waals surface area (Å²) in [4.78, 5) is 2.45. The second-order valence-electron chi connectivity index (χ2n) is 4.30. The number of anilines is 1. The van der Waals surface area contributed by atoms with Crippen molar-refractivity contribution in [3.63, 3.8) is 0 Å². The molecule has 0 aliphatic carbocycles. The molecule has 1 rings (SSSR count). The first-order valence-corrected chi connectivity index (χ1v) is 7.20. The van der Waals surface area contributed by atoms with Crippen molar-refractivity contribution in [3.8, 4) is 0 Å². The van der Waals surface area contributed by atoms with Crippen LogP contribution in [0.25, 0.3) is 0 Å². The fraction of sp³-hybridized carbons (Fsp3) is 0.571. The predicted octanol–water partition coefficient (Wildman–Crippen LogP) is 3.79. The number of hydrogen-bond donors (Lipinski definition) is 1. The highest BCUT2D eigenvalue weighted by molar-refractivity contribution is 9.10. The van der Waals surface area contributed by atoms with E-state index in [1.54, 1.807) is 0 Å². The summed E-state index contributed by atoms with van der Waals surface area (Å²) >= 11 is 3.69. The molecule has 0 fully saturated rings. The number of benzene rings is 1. The molecule has 0 atom stereocenters. The number of nitrogens with one attached hydrogen (secondary N) is 1. The van der Waals surface area contributed by atoms with E-state index >= 15 is 0 Å². The van der Waals surface area contributed by atoms with E-state index in [-0.39, 0.29) is 0 Å². The fourth-order valence-corrected chi connectivity index (χ4v) is 2.69. The fourth-order valence-electron chi connectivity index (χ4n) is 2.01. The van der Waals surface area contributed by atoms with Gasteiger partial charge >= 0.3 is 0 Å². The van der Waals surface area contributed by atoms with Crippen LogP contribution in [0.5, 0.6) is 0 Å². The van der Waals surface area contributed by atoms with Gasteiger partial charge < -0.3 is 10.2 Å². The average molecular weight is 299 g/mol. The van der Waals surface area contributed by atoms with Gasteiger partial charge in [-0.15, -0.1) is 0 Å². The van der Waals surface area contributed by atoms with Crippen LogP contribution in [0.15, 0.2) is 22.7 Å². The maximum Gasteiger partial charge on any atom is 0.0510 e. The molecule has 0 saturated heterocycles. The van der Waals surface area contributed by atoms with Gasteiger partial charge in [0, 0.05) is 24.1 Å². The Balaban J connectivity index is 2.87. The third-order valence-corrected chi connectivity index (χ3v) is 3.36. The normalized spacial score (nSPS) is 10.6. The third-order valence-electron chi connectivity index (χ3n) is 2.72. The SMILES string of the molecule is CCCN(CCC)c1ccc(CNC)cc1Br. The highest BCUT2D eigenvalue weighted by atomic mass is 79.9. The summed E-state index contributed by atoms with van der Waals surface area (Å²) in [5.74, 6) is 0. The van der Waals surface area contributed by atoms with Gasteiger partial charge in [0.05, 0.1) is 5.69 Å². The lowest BCUT2D eigenvalue weighted by Crippen LogP contribution is -2.25. The molecule has 1 N–H and O–H groups in total. The van der Waals surface area contributed by atoms with Crippen molar-refractivity contribution in [2.24, 2.45) is 0 Å². The summed E-state index contributed by atoms with van der Waals surface area (Å²) in [6.07, 6.45) is 2.37. The molecule has 17 heavy (non-hydrogen) atoms. The number of rotatable bonds is 7. The van der Waals surface area contributed by atoms with Gasteiger partial charge in [-0.2, -0.15) is 0 Å². The van der Waals surface area contributed by atoms with Crippen molar-refractivity contribution < 1.29 is 0 Å². The Kier molecular flexibility index (Phi) is 6.60. The minimum absolute atomic E-state index is 0.917. The maximum absolute atomic E-state index is 3.69. The smallest absolute Gasteiger partial charge is 0.0510 e. The lowest BCUT2D eigenvalue weighted by Gasteiger charge is -2.25. The van der Waals surface area contributed by atoms with Crippen LogP contribution in [0.1, 0.15) is 32.3 Å². The molecule has 0 amide bonds. The standard InChI is InChI=1S/C14H23BrN2/c1-4-8-17(9-5-2)14-7-6-12(11-16-3)10-13(14)15/h6-7,10,16H,4-5,8-9,11H2,1-3H3. The van der Waals surface area contributed by atoms with Crippen LogP contribution >= 0.6 is 15.9 Å². The molecule has 0 radical (unpaired) electrons. The Morgan fingerprint density at radius 1 is 1.18 bits per heavy atom. The quantitative estimate of drug-likeness (QED) is 0.824. The van der Waals surface area contributed by atoms with Crippen molar-refractivity contribution in [3.05, 3.63) is 28.2 Å². The third kappa shape index (κ3) is 4.32. The number of hydrogen-bond acceptors (Lipinski definition) is 2. The van der Waals surface area contributed by atoms with Gasteiger partial charge in [-0.25, -0.2) is 0 Å². The summed E-state index contributed by atoms with van der Waals surface area (Å²) in [6.45, 7) is 7.62. The van der Waals surface area contributed by atoms with Crippen molar-refractivity contribution >= 4 is 21.6 Å². The minimum atomic E-state index is 0.917. The first-order chi connectivity index (χ1) is 8.22. The molecule has 0 aliphatic rings. The van der Waals surface area contributed by atoms with E-state index in [1.807, 2.05) is 7.05 Å². The molecule has 0 bridgehead atoms. The van der Waals surface area contributed by atoms with E-state index in [2.05, 4.69) is 58.2 Å². The summed E-state index contributed by atoms with van der Waals surface area (Å²) in [6, 6.07) is 6.64. The molecule has 96 valence electrons. The Bertz CT molecular complexity index is 333. The van der Waals surface area contributed by atoms with E-state index < -0.39 is 0 Å². The topological polar surface area (TPSA) is 15.3 Å². The summed E-state index contributed by atoms with van der Waals surface area (Å²) in [7, 11) is 1.97. The van der Waals surface area contributed by atoms with Gasteiger partial charge in [-0.05, 0) is 53.5 Å². The van der Waals surface area contributed by atoms with Crippen LogP contribution in [0.4, 0.5) is 5.69 Å². The zero-order valence-corrected chi connectivity index (χ0v) is 12.7. The minimum Gasteiger partial charge on any atom is -0.371 e. The van der Waals surface area contributed by atoms with Gasteiger partial charge in [-0.3, -0.25) is 0 Å². The maximum atomic E-state index is 3.69. The Labute approximate surface area is 114 Å². The zero-order valence-electron chi connectivity index (χ0n) is 11.1. The lowest BCUT2D eigenvalue weighted by molar-refractivity contribution is 0.742. The van der Waals surface area contributed by atoms with Crippen molar-refractivity contribution in [2.45, 2.75) is 33.2 Å². The highest BCUT2D eigenvalue weighted by Gasteiger charge is 2.08. The van der Waals surface area contributed by atoms with Gasteiger partial charge in [0.2, 0.25) is 0 Å². The van der Waals surface area contributed by atoms with E-state index in [1.165, 1.54) is 28.6 Å². The van der Waals surface area contributed by atoms with Crippen LogP contribution in [0.2, 0.25) is 0 Å². The second kappa shape index (κ2) is 7.72. The summed E-state index contributed by atoms with van der Waals surface area (Å²) < 4.78 is 1.20. The molecule has 0 saturated carbocycles. The Hall–Kier alpha value is -0.540. The number of halogens is 1. The molecule has 3 heteroatoms. The molecule has 0 aromatic heterocycles. The average Bonchev–Trinajstić information content (AvgIpc) is 2.29. The van der Waals surface area contributed by atoms with E-state index in [4.69, 9.17) is 0 Å². The molecule has 0 heterocycles. The monoisotopic (exact) mass is 298 g/mol. The predicted molar refractivity (Wildman–Crippen MR) is 79.7 cm³/mol. The van der Waals surface area contributed by atoms with Crippen LogP contribution in [-0.2, 0) is 6.54 Å². The second-order valence-corrected chi connectivity index (χ2v) is 5.16. The number of nitrogens with zero attached hydrogens (tertiary/aromatic N) is 1. The first-order valence-electron chi connectivity index (χ1n) is 6.40. The Morgan fingerprint density at radius 2 is 1.82 bits per heavy atom. The molecule has 2 nitrogen and oxygen atoms in total. The Morgan fingerprint density at radius 3 is 2.29 bits per heavy atom. The first kappa shape index (κ1) is 14.5. The van der Waals surface area contributed by atoms with Crippen LogP contribution < -0.4 is 10.2 Å². The summed E-state index contributed by atoms with van der Waals surface area (Å²) in [5.41, 5.74) is 2.63. The largest absolute Gasteiger partial charge is 0.371 e. The van der Waals surface area contributed by atoms with Crippen molar-refractivity contribution in [1.29, 1.82) is 0 Å².